The molecule has 2 N–H and O–H groups in total. The van der Waals surface area contributed by atoms with E-state index >= 15 is 0 Å². The molecule has 0 aromatic heterocycles. The largest absolute Gasteiger partial charge is 0.312 e. The van der Waals surface area contributed by atoms with Crippen molar-refractivity contribution in [3.05, 3.63) is 0 Å². The highest BCUT2D eigenvalue weighted by atomic mass is 32.1. The van der Waals surface area contributed by atoms with Crippen LogP contribution < -0.4 is 10.6 Å². The zero-order chi connectivity index (χ0) is 10.8. The van der Waals surface area contributed by atoms with Crippen molar-refractivity contribution in [1.29, 1.82) is 0 Å². The van der Waals surface area contributed by atoms with E-state index < -0.39 is 0 Å². The van der Waals surface area contributed by atoms with Gasteiger partial charge in [0.05, 0.1) is 0 Å². The topological polar surface area (TPSA) is 24.1 Å². The minimum atomic E-state index is 0.552. The van der Waals surface area contributed by atoms with Crippen molar-refractivity contribution in [3.63, 3.8) is 0 Å². The lowest BCUT2D eigenvalue weighted by Crippen LogP contribution is -2.39. The highest BCUT2D eigenvalue weighted by Gasteiger charge is 2.03. The van der Waals surface area contributed by atoms with Crippen LogP contribution in [0.5, 0.6) is 0 Å². The van der Waals surface area contributed by atoms with Gasteiger partial charge in [-0.3, -0.25) is 0 Å². The summed E-state index contributed by atoms with van der Waals surface area (Å²) in [6.07, 6.45) is 2.29. The molecule has 14 heavy (non-hydrogen) atoms. The predicted molar refractivity (Wildman–Crippen MR) is 71.9 cm³/mol. The number of rotatable bonds is 9. The Balaban J connectivity index is 3.35. The molecule has 0 aromatic rings. The summed E-state index contributed by atoms with van der Waals surface area (Å²) in [6, 6.07) is 1.10. The Morgan fingerprint density at radius 3 is 1.43 bits per heavy atom. The molecule has 0 aromatic carbocycles. The fourth-order valence-electron chi connectivity index (χ4n) is 1.23. The zero-order valence-electron chi connectivity index (χ0n) is 9.29. The van der Waals surface area contributed by atoms with E-state index in [2.05, 4.69) is 49.7 Å². The van der Waals surface area contributed by atoms with Crippen molar-refractivity contribution in [2.45, 2.75) is 38.8 Å². The molecule has 0 fully saturated rings. The summed E-state index contributed by atoms with van der Waals surface area (Å²) in [4.78, 5) is 0. The van der Waals surface area contributed by atoms with Crippen LogP contribution in [-0.4, -0.2) is 36.7 Å². The van der Waals surface area contributed by atoms with Crippen LogP contribution in [0.2, 0.25) is 0 Å². The van der Waals surface area contributed by atoms with E-state index in [1.807, 2.05) is 0 Å². The van der Waals surface area contributed by atoms with E-state index in [0.717, 1.165) is 37.4 Å². The molecule has 2 unspecified atom stereocenters. The first-order chi connectivity index (χ1) is 6.78. The third-order valence-electron chi connectivity index (χ3n) is 2.42. The normalized spacial score (nSPS) is 15.4. The minimum Gasteiger partial charge on any atom is -0.312 e. The van der Waals surface area contributed by atoms with E-state index in [1.165, 1.54) is 0 Å². The predicted octanol–water partition coefficient (Wildman–Crippen LogP) is 1.58. The molecule has 0 heterocycles. The van der Waals surface area contributed by atoms with Crippen LogP contribution in [0.4, 0.5) is 0 Å². The van der Waals surface area contributed by atoms with E-state index in [9.17, 15) is 0 Å². The highest BCUT2D eigenvalue weighted by Crippen LogP contribution is 1.94. The lowest BCUT2D eigenvalue weighted by atomic mass is 10.2. The highest BCUT2D eigenvalue weighted by molar-refractivity contribution is 7.80. The summed E-state index contributed by atoms with van der Waals surface area (Å²) in [5.41, 5.74) is 0. The van der Waals surface area contributed by atoms with Crippen molar-refractivity contribution in [1.82, 2.24) is 10.6 Å². The van der Waals surface area contributed by atoms with Gasteiger partial charge in [-0.25, -0.2) is 0 Å². The summed E-state index contributed by atoms with van der Waals surface area (Å²) in [6.45, 7) is 6.40. The van der Waals surface area contributed by atoms with Crippen molar-refractivity contribution < 1.29 is 0 Å². The summed E-state index contributed by atoms with van der Waals surface area (Å²) >= 11 is 8.56. The molecule has 4 heteroatoms. The molecular formula is C10H24N2S2. The van der Waals surface area contributed by atoms with Crippen molar-refractivity contribution in [2.75, 3.05) is 24.6 Å². The van der Waals surface area contributed by atoms with Gasteiger partial charge in [-0.15, -0.1) is 0 Å². The fraction of sp³-hybridized carbons (Fsp3) is 1.00. The first-order valence-electron chi connectivity index (χ1n) is 5.46. The Hall–Kier alpha value is 0.620. The second kappa shape index (κ2) is 10.1. The maximum absolute atomic E-state index is 4.28. The molecule has 86 valence electrons. The SMILES string of the molecule is CCC(CS)NCCNC(CC)CS. The second-order valence-corrected chi connectivity index (χ2v) is 4.21. The van der Waals surface area contributed by atoms with Gasteiger partial charge in [-0.2, -0.15) is 25.3 Å². The molecule has 0 rings (SSSR count). The Labute approximate surface area is 99.4 Å². The Morgan fingerprint density at radius 1 is 0.857 bits per heavy atom. The first kappa shape index (κ1) is 14.6. The molecule has 0 aliphatic carbocycles. The van der Waals surface area contributed by atoms with Crippen molar-refractivity contribution in [2.24, 2.45) is 0 Å². The van der Waals surface area contributed by atoms with Gasteiger partial charge in [0.2, 0.25) is 0 Å². The Kier molecular flexibility index (Phi) is 10.6. The number of hydrogen-bond donors (Lipinski definition) is 4. The molecule has 0 saturated carbocycles. The average molecular weight is 236 g/mol. The zero-order valence-corrected chi connectivity index (χ0v) is 11.1. The smallest absolute Gasteiger partial charge is 0.0153 e. The van der Waals surface area contributed by atoms with Crippen molar-refractivity contribution in [3.8, 4) is 0 Å². The van der Waals surface area contributed by atoms with Crippen LogP contribution in [0.3, 0.4) is 0 Å². The molecule has 0 aliphatic heterocycles. The molecule has 2 atom stereocenters. The number of nitrogens with one attached hydrogen (secondary N) is 2. The van der Waals surface area contributed by atoms with Gasteiger partial charge in [0.1, 0.15) is 0 Å². The van der Waals surface area contributed by atoms with E-state index in [0.29, 0.717) is 12.1 Å². The Morgan fingerprint density at radius 2 is 1.21 bits per heavy atom. The third kappa shape index (κ3) is 6.98. The first-order valence-corrected chi connectivity index (χ1v) is 6.73. The van der Waals surface area contributed by atoms with Crippen LogP contribution in [0.25, 0.3) is 0 Å². The molecule has 2 nitrogen and oxygen atoms in total. The van der Waals surface area contributed by atoms with Crippen LogP contribution >= 0.6 is 25.3 Å². The second-order valence-electron chi connectivity index (χ2n) is 3.48. The lowest BCUT2D eigenvalue weighted by molar-refractivity contribution is 0.488. The van der Waals surface area contributed by atoms with Gasteiger partial charge in [-0.1, -0.05) is 13.8 Å². The van der Waals surface area contributed by atoms with Crippen molar-refractivity contribution >= 4 is 25.3 Å². The molecule has 0 spiro atoms. The average Bonchev–Trinajstić information content (AvgIpc) is 2.24. The van der Waals surface area contributed by atoms with Gasteiger partial charge >= 0.3 is 0 Å². The van der Waals surface area contributed by atoms with Gasteiger partial charge in [-0.05, 0) is 12.8 Å². The van der Waals surface area contributed by atoms with E-state index in [-0.39, 0.29) is 0 Å². The van der Waals surface area contributed by atoms with Gasteiger partial charge in [0.25, 0.3) is 0 Å². The maximum Gasteiger partial charge on any atom is 0.0153 e. The summed E-state index contributed by atoms with van der Waals surface area (Å²) in [5.74, 6) is 1.83. The number of thiol groups is 2. The molecular weight excluding hydrogens is 212 g/mol. The van der Waals surface area contributed by atoms with Crippen LogP contribution in [0.15, 0.2) is 0 Å². The molecule has 0 saturated heterocycles. The lowest BCUT2D eigenvalue weighted by Gasteiger charge is -2.17. The van der Waals surface area contributed by atoms with Gasteiger partial charge < -0.3 is 10.6 Å². The van der Waals surface area contributed by atoms with Gasteiger partial charge in [0, 0.05) is 36.7 Å². The quantitative estimate of drug-likeness (QED) is 0.361. The molecule has 0 radical (unpaired) electrons. The maximum atomic E-state index is 4.28. The third-order valence-corrected chi connectivity index (χ3v) is 3.30. The summed E-state index contributed by atoms with van der Waals surface area (Å²) in [7, 11) is 0. The fourth-order valence-corrected chi connectivity index (χ4v) is 2.00. The summed E-state index contributed by atoms with van der Waals surface area (Å²) in [5, 5.41) is 6.92. The van der Waals surface area contributed by atoms with Crippen LogP contribution in [0.1, 0.15) is 26.7 Å². The molecule has 0 aliphatic rings. The minimum absolute atomic E-state index is 0.552. The summed E-state index contributed by atoms with van der Waals surface area (Å²) < 4.78 is 0. The number of hydrogen-bond acceptors (Lipinski definition) is 4. The molecule has 0 amide bonds. The van der Waals surface area contributed by atoms with Crippen LogP contribution in [0, 0.1) is 0 Å². The Bertz CT molecular complexity index is 101. The molecule has 0 bridgehead atoms. The van der Waals surface area contributed by atoms with E-state index in [4.69, 9.17) is 0 Å². The van der Waals surface area contributed by atoms with E-state index in [1.54, 1.807) is 0 Å². The standard InChI is InChI=1S/C10H24N2S2/c1-3-9(7-13)11-5-6-12-10(4-2)8-14/h9-14H,3-8H2,1-2H3. The monoisotopic (exact) mass is 236 g/mol. The van der Waals surface area contributed by atoms with Gasteiger partial charge in [0.15, 0.2) is 0 Å². The van der Waals surface area contributed by atoms with Crippen LogP contribution in [-0.2, 0) is 0 Å².